The molecule has 0 aromatic carbocycles. The summed E-state index contributed by atoms with van der Waals surface area (Å²) in [5, 5.41) is 0. The van der Waals surface area contributed by atoms with Crippen LogP contribution >= 0.6 is 0 Å². The van der Waals surface area contributed by atoms with Gasteiger partial charge in [0.1, 0.15) is 12.4 Å². The van der Waals surface area contributed by atoms with E-state index in [1.54, 1.807) is 0 Å². The van der Waals surface area contributed by atoms with E-state index in [-0.39, 0.29) is 0 Å². The first kappa shape index (κ1) is 6.62. The van der Waals surface area contributed by atoms with Crippen molar-refractivity contribution in [2.24, 2.45) is 0 Å². The molecule has 2 heteroatoms. The minimum Gasteiger partial charge on any atom is -0.487 e. The molecule has 1 unspecified atom stereocenters. The molecule has 2 fully saturated rings. The SMILES string of the molecule is C=C1CO1.CCC1CO1. The quantitative estimate of drug-likeness (QED) is 0.498. The van der Waals surface area contributed by atoms with Gasteiger partial charge in [0.05, 0.1) is 12.7 Å². The van der Waals surface area contributed by atoms with Gasteiger partial charge in [0, 0.05) is 0 Å². The molecule has 2 aliphatic rings. The third kappa shape index (κ3) is 4.03. The Bertz CT molecular complexity index is 99.5. The van der Waals surface area contributed by atoms with Crippen LogP contribution in [-0.2, 0) is 9.47 Å². The second-order valence-electron chi connectivity index (χ2n) is 2.19. The summed E-state index contributed by atoms with van der Waals surface area (Å²) < 4.78 is 9.37. The molecule has 2 saturated heterocycles. The fraction of sp³-hybridized carbons (Fsp3) is 0.714. The Balaban J connectivity index is 0.0000000922. The molecular weight excluding hydrogens is 116 g/mol. The summed E-state index contributed by atoms with van der Waals surface area (Å²) in [6, 6.07) is 0. The molecule has 0 N–H and O–H groups in total. The second kappa shape index (κ2) is 2.87. The number of hydrogen-bond donors (Lipinski definition) is 0. The van der Waals surface area contributed by atoms with Crippen LogP contribution < -0.4 is 0 Å². The molecule has 0 radical (unpaired) electrons. The van der Waals surface area contributed by atoms with Crippen LogP contribution in [0, 0.1) is 0 Å². The van der Waals surface area contributed by atoms with Crippen LogP contribution in [0.3, 0.4) is 0 Å². The first-order valence-electron chi connectivity index (χ1n) is 3.25. The summed E-state index contributed by atoms with van der Waals surface area (Å²) in [5.74, 6) is 0.917. The lowest BCUT2D eigenvalue weighted by Crippen LogP contribution is -1.73. The van der Waals surface area contributed by atoms with Crippen LogP contribution in [0.25, 0.3) is 0 Å². The smallest absolute Gasteiger partial charge is 0.144 e. The highest BCUT2D eigenvalue weighted by atomic mass is 16.6. The third-order valence-electron chi connectivity index (χ3n) is 1.21. The Morgan fingerprint density at radius 1 is 1.78 bits per heavy atom. The van der Waals surface area contributed by atoms with Gasteiger partial charge in [0.2, 0.25) is 0 Å². The molecule has 2 rings (SSSR count). The minimum absolute atomic E-state index is 0.634. The van der Waals surface area contributed by atoms with Crippen molar-refractivity contribution in [3.05, 3.63) is 12.3 Å². The van der Waals surface area contributed by atoms with E-state index in [2.05, 4.69) is 18.2 Å². The van der Waals surface area contributed by atoms with Crippen molar-refractivity contribution in [1.29, 1.82) is 0 Å². The molecule has 0 bridgehead atoms. The van der Waals surface area contributed by atoms with Gasteiger partial charge in [-0.15, -0.1) is 0 Å². The van der Waals surface area contributed by atoms with Crippen LogP contribution in [0.4, 0.5) is 0 Å². The Morgan fingerprint density at radius 3 is 2.22 bits per heavy atom. The zero-order valence-electron chi connectivity index (χ0n) is 5.72. The van der Waals surface area contributed by atoms with Crippen LogP contribution in [0.5, 0.6) is 0 Å². The molecule has 1 atom stereocenters. The van der Waals surface area contributed by atoms with Crippen LogP contribution in [0.15, 0.2) is 12.3 Å². The molecule has 52 valence electrons. The van der Waals surface area contributed by atoms with Crippen molar-refractivity contribution in [3.8, 4) is 0 Å². The molecule has 2 aliphatic heterocycles. The normalized spacial score (nSPS) is 27.7. The highest BCUT2D eigenvalue weighted by molar-refractivity contribution is 4.94. The van der Waals surface area contributed by atoms with Gasteiger partial charge >= 0.3 is 0 Å². The molecule has 2 nitrogen and oxygen atoms in total. The van der Waals surface area contributed by atoms with Crippen molar-refractivity contribution in [2.45, 2.75) is 19.4 Å². The molecule has 0 aromatic heterocycles. The zero-order valence-corrected chi connectivity index (χ0v) is 5.72. The van der Waals surface area contributed by atoms with Gasteiger partial charge < -0.3 is 9.47 Å². The van der Waals surface area contributed by atoms with Crippen molar-refractivity contribution >= 4 is 0 Å². The van der Waals surface area contributed by atoms with E-state index < -0.39 is 0 Å². The van der Waals surface area contributed by atoms with Crippen molar-refractivity contribution in [3.63, 3.8) is 0 Å². The van der Waals surface area contributed by atoms with Crippen molar-refractivity contribution in [1.82, 2.24) is 0 Å². The lowest BCUT2D eigenvalue weighted by molar-refractivity contribution is 0.403. The number of epoxide rings is 2. The average Bonchev–Trinajstić information content (AvgIpc) is 2.57. The Kier molecular flexibility index (Phi) is 2.11. The van der Waals surface area contributed by atoms with E-state index >= 15 is 0 Å². The van der Waals surface area contributed by atoms with Crippen molar-refractivity contribution < 1.29 is 9.47 Å². The molecule has 0 aromatic rings. The first-order chi connectivity index (χ1) is 4.33. The number of hydrogen-bond acceptors (Lipinski definition) is 2. The number of ether oxygens (including phenoxy) is 2. The fourth-order valence-electron chi connectivity index (χ4n) is 0.355. The van der Waals surface area contributed by atoms with E-state index in [1.807, 2.05) is 0 Å². The second-order valence-corrected chi connectivity index (χ2v) is 2.19. The average molecular weight is 128 g/mol. The molecule has 0 aliphatic carbocycles. The third-order valence-corrected chi connectivity index (χ3v) is 1.21. The highest BCUT2D eigenvalue weighted by Gasteiger charge is 2.18. The Morgan fingerprint density at radius 2 is 2.22 bits per heavy atom. The zero-order chi connectivity index (χ0) is 6.69. The van der Waals surface area contributed by atoms with Gasteiger partial charge in [-0.05, 0) is 6.42 Å². The molecule has 9 heavy (non-hydrogen) atoms. The number of rotatable bonds is 1. The predicted molar refractivity (Wildman–Crippen MR) is 35.1 cm³/mol. The Labute approximate surface area is 55.5 Å². The summed E-state index contributed by atoms with van der Waals surface area (Å²) in [5.41, 5.74) is 0. The molecule has 2 heterocycles. The molecular formula is C7H12O2. The van der Waals surface area contributed by atoms with E-state index in [4.69, 9.17) is 4.74 Å². The maximum atomic E-state index is 4.86. The minimum atomic E-state index is 0.634. The van der Waals surface area contributed by atoms with Gasteiger partial charge in [-0.2, -0.15) is 0 Å². The monoisotopic (exact) mass is 128 g/mol. The lowest BCUT2D eigenvalue weighted by atomic mass is 10.4. The standard InChI is InChI=1S/C4H8O.C3H4O/c1-2-4-3-5-4;1-3-2-4-3/h4H,2-3H2,1H3;1-2H2. The lowest BCUT2D eigenvalue weighted by Gasteiger charge is -1.69. The fourth-order valence-corrected chi connectivity index (χ4v) is 0.355. The largest absolute Gasteiger partial charge is 0.487 e. The van der Waals surface area contributed by atoms with Crippen LogP contribution in [-0.4, -0.2) is 19.3 Å². The maximum Gasteiger partial charge on any atom is 0.144 e. The predicted octanol–water partition coefficient (Wildman–Crippen LogP) is 1.33. The van der Waals surface area contributed by atoms with Crippen LogP contribution in [0.2, 0.25) is 0 Å². The van der Waals surface area contributed by atoms with Crippen LogP contribution in [0.1, 0.15) is 13.3 Å². The topological polar surface area (TPSA) is 25.1 Å². The summed E-state index contributed by atoms with van der Waals surface area (Å²) in [6.07, 6.45) is 1.83. The maximum absolute atomic E-state index is 4.86. The Hall–Kier alpha value is -0.500. The van der Waals surface area contributed by atoms with Gasteiger partial charge in [-0.3, -0.25) is 0 Å². The van der Waals surface area contributed by atoms with Gasteiger partial charge in [0.25, 0.3) is 0 Å². The van der Waals surface area contributed by atoms with E-state index in [9.17, 15) is 0 Å². The van der Waals surface area contributed by atoms with Gasteiger partial charge in [0.15, 0.2) is 0 Å². The van der Waals surface area contributed by atoms with Crippen molar-refractivity contribution in [2.75, 3.05) is 13.2 Å². The molecule has 0 spiro atoms. The van der Waals surface area contributed by atoms with E-state index in [1.165, 1.54) is 6.42 Å². The summed E-state index contributed by atoms with van der Waals surface area (Å²) in [6.45, 7) is 7.38. The summed E-state index contributed by atoms with van der Waals surface area (Å²) in [7, 11) is 0. The van der Waals surface area contributed by atoms with E-state index in [0.29, 0.717) is 6.10 Å². The first-order valence-corrected chi connectivity index (χ1v) is 3.25. The molecule has 0 amide bonds. The van der Waals surface area contributed by atoms with E-state index in [0.717, 1.165) is 19.0 Å². The summed E-state index contributed by atoms with van der Waals surface area (Å²) in [4.78, 5) is 0. The van der Waals surface area contributed by atoms with Gasteiger partial charge in [-0.25, -0.2) is 0 Å². The summed E-state index contributed by atoms with van der Waals surface area (Å²) >= 11 is 0. The molecule has 0 saturated carbocycles. The van der Waals surface area contributed by atoms with Gasteiger partial charge in [-0.1, -0.05) is 13.5 Å². The highest BCUT2D eigenvalue weighted by Crippen LogP contribution is 2.10.